The lowest BCUT2D eigenvalue weighted by atomic mass is 10.2. The summed E-state index contributed by atoms with van der Waals surface area (Å²) in [6.07, 6.45) is 2.42. The van der Waals surface area contributed by atoms with Gasteiger partial charge in [-0.15, -0.1) is 5.92 Å². The van der Waals surface area contributed by atoms with Crippen molar-refractivity contribution in [2.24, 2.45) is 0 Å². The number of ether oxygens (including phenoxy) is 2. The van der Waals surface area contributed by atoms with Gasteiger partial charge in [-0.25, -0.2) is 0 Å². The molecular weight excluding hydrogens is 286 g/mol. The van der Waals surface area contributed by atoms with Crippen LogP contribution in [-0.4, -0.2) is 29.6 Å². The fourth-order valence-corrected chi connectivity index (χ4v) is 1.12. The van der Waals surface area contributed by atoms with E-state index in [-0.39, 0.29) is 19.2 Å². The number of rotatable bonds is 6. The molecule has 0 rings (SSSR count). The van der Waals surface area contributed by atoms with E-state index in [1.807, 2.05) is 0 Å². The first-order valence-corrected chi connectivity index (χ1v) is 6.29. The molecule has 3 nitrogen and oxygen atoms in total. The lowest BCUT2D eigenvalue weighted by Crippen LogP contribution is -2.12. The van der Waals surface area contributed by atoms with Crippen LogP contribution in [0, 0.1) is 11.8 Å². The van der Waals surface area contributed by atoms with Gasteiger partial charge in [0.05, 0.1) is 13.2 Å². The minimum Gasteiger partial charge on any atom is -0.466 e. The van der Waals surface area contributed by atoms with E-state index in [9.17, 15) is 4.79 Å². The van der Waals surface area contributed by atoms with E-state index in [4.69, 9.17) is 44.3 Å². The molecule has 17 heavy (non-hydrogen) atoms. The summed E-state index contributed by atoms with van der Waals surface area (Å²) in [6.45, 7) is 2.11. The summed E-state index contributed by atoms with van der Waals surface area (Å²) in [6, 6.07) is 0. The monoisotopic (exact) mass is 300 g/mol. The number of unbranched alkanes of at least 4 members (excludes halogenated alkanes) is 2. The predicted molar refractivity (Wildman–Crippen MR) is 69.4 cm³/mol. The van der Waals surface area contributed by atoms with Crippen molar-refractivity contribution < 1.29 is 14.3 Å². The smallest absolute Gasteiger partial charge is 0.302 e. The molecule has 6 heteroatoms. The maximum Gasteiger partial charge on any atom is 0.302 e. The molecule has 0 aliphatic carbocycles. The van der Waals surface area contributed by atoms with E-state index >= 15 is 0 Å². The molecule has 0 saturated carbocycles. The van der Waals surface area contributed by atoms with Crippen molar-refractivity contribution in [3.63, 3.8) is 0 Å². The molecule has 0 fully saturated rings. The van der Waals surface area contributed by atoms with Gasteiger partial charge >= 0.3 is 5.97 Å². The Kier molecular flexibility index (Phi) is 9.76. The van der Waals surface area contributed by atoms with Gasteiger partial charge in [0, 0.05) is 13.3 Å². The highest BCUT2D eigenvalue weighted by Gasteiger charge is 2.18. The zero-order valence-corrected chi connectivity index (χ0v) is 11.9. The Morgan fingerprint density at radius 3 is 2.53 bits per heavy atom. The SMILES string of the molecule is CC(=O)OCCCCC#CCOCC(Cl)(Cl)Cl. The molecule has 0 spiro atoms. The Labute approximate surface area is 117 Å². The molecule has 0 saturated heterocycles. The van der Waals surface area contributed by atoms with Crippen LogP contribution in [-0.2, 0) is 14.3 Å². The van der Waals surface area contributed by atoms with Crippen molar-refractivity contribution in [1.29, 1.82) is 0 Å². The zero-order valence-electron chi connectivity index (χ0n) is 9.60. The van der Waals surface area contributed by atoms with E-state index in [0.29, 0.717) is 6.61 Å². The van der Waals surface area contributed by atoms with Crippen molar-refractivity contribution in [3.8, 4) is 11.8 Å². The summed E-state index contributed by atoms with van der Waals surface area (Å²) < 4.78 is 8.40. The molecule has 0 amide bonds. The fourth-order valence-electron chi connectivity index (χ4n) is 0.889. The van der Waals surface area contributed by atoms with Crippen molar-refractivity contribution in [1.82, 2.24) is 0 Å². The van der Waals surface area contributed by atoms with E-state index in [0.717, 1.165) is 19.3 Å². The van der Waals surface area contributed by atoms with Gasteiger partial charge in [0.1, 0.15) is 6.61 Å². The van der Waals surface area contributed by atoms with Crippen LogP contribution in [0.15, 0.2) is 0 Å². The maximum atomic E-state index is 10.4. The number of esters is 1. The minimum atomic E-state index is -1.38. The third kappa shape index (κ3) is 15.9. The number of hydrogen-bond donors (Lipinski definition) is 0. The molecule has 0 aliphatic rings. The second-order valence-electron chi connectivity index (χ2n) is 3.26. The van der Waals surface area contributed by atoms with Crippen LogP contribution in [0.5, 0.6) is 0 Å². The largest absolute Gasteiger partial charge is 0.466 e. The first-order chi connectivity index (χ1) is 7.92. The van der Waals surface area contributed by atoms with Crippen LogP contribution in [0.1, 0.15) is 26.2 Å². The Morgan fingerprint density at radius 1 is 1.24 bits per heavy atom. The van der Waals surface area contributed by atoms with Crippen LogP contribution >= 0.6 is 34.8 Å². The van der Waals surface area contributed by atoms with Crippen LogP contribution in [0.3, 0.4) is 0 Å². The second kappa shape index (κ2) is 9.85. The summed E-state index contributed by atoms with van der Waals surface area (Å²) in [7, 11) is 0. The van der Waals surface area contributed by atoms with Gasteiger partial charge in [0.2, 0.25) is 3.79 Å². The molecule has 0 unspecified atom stereocenters. The van der Waals surface area contributed by atoms with E-state index in [2.05, 4.69) is 11.8 Å². The van der Waals surface area contributed by atoms with Gasteiger partial charge < -0.3 is 9.47 Å². The average molecular weight is 302 g/mol. The van der Waals surface area contributed by atoms with E-state index in [1.54, 1.807) is 0 Å². The Morgan fingerprint density at radius 2 is 1.94 bits per heavy atom. The molecule has 0 bridgehead atoms. The van der Waals surface area contributed by atoms with Crippen molar-refractivity contribution in [2.45, 2.75) is 30.0 Å². The van der Waals surface area contributed by atoms with E-state index in [1.165, 1.54) is 6.92 Å². The summed E-state index contributed by atoms with van der Waals surface area (Å²) in [5, 5.41) is 0. The first-order valence-electron chi connectivity index (χ1n) is 5.15. The molecule has 0 heterocycles. The van der Waals surface area contributed by atoms with Gasteiger partial charge in [-0.1, -0.05) is 40.7 Å². The van der Waals surface area contributed by atoms with E-state index < -0.39 is 3.79 Å². The number of alkyl halides is 3. The highest BCUT2D eigenvalue weighted by molar-refractivity contribution is 6.67. The standard InChI is InChI=1S/C11H15Cl3O3/c1-10(15)17-8-6-4-2-3-5-7-16-9-11(12,13)14/h2,4,6-9H2,1H3. The molecule has 0 aromatic rings. The lowest BCUT2D eigenvalue weighted by Gasteiger charge is -2.08. The van der Waals surface area contributed by atoms with Crippen LogP contribution in [0.4, 0.5) is 0 Å². The Bertz CT molecular complexity index is 276. The lowest BCUT2D eigenvalue weighted by molar-refractivity contribution is -0.141. The molecule has 0 atom stereocenters. The zero-order chi connectivity index (χ0) is 13.1. The van der Waals surface area contributed by atoms with Gasteiger partial charge in [-0.05, 0) is 12.8 Å². The fraction of sp³-hybridized carbons (Fsp3) is 0.727. The maximum absolute atomic E-state index is 10.4. The topological polar surface area (TPSA) is 35.5 Å². The number of carbonyl (C=O) groups excluding carboxylic acids is 1. The molecule has 0 aromatic carbocycles. The van der Waals surface area contributed by atoms with Crippen LogP contribution in [0.25, 0.3) is 0 Å². The summed E-state index contributed by atoms with van der Waals surface area (Å²) in [5.74, 6) is 5.46. The molecule has 0 aliphatic heterocycles. The van der Waals surface area contributed by atoms with Crippen molar-refractivity contribution in [3.05, 3.63) is 0 Å². The Balaban J connectivity index is 3.29. The van der Waals surface area contributed by atoms with Crippen molar-refractivity contribution >= 4 is 40.8 Å². The normalized spacial score (nSPS) is 10.6. The predicted octanol–water partition coefficient (Wildman–Crippen LogP) is 3.11. The number of halogens is 3. The van der Waals surface area contributed by atoms with Gasteiger partial charge in [-0.2, -0.15) is 0 Å². The molecule has 0 aromatic heterocycles. The quantitative estimate of drug-likeness (QED) is 0.327. The second-order valence-corrected chi connectivity index (χ2v) is 5.77. The third-order valence-electron chi connectivity index (χ3n) is 1.57. The van der Waals surface area contributed by atoms with Crippen LogP contribution in [0.2, 0.25) is 0 Å². The van der Waals surface area contributed by atoms with Gasteiger partial charge in [-0.3, -0.25) is 4.79 Å². The van der Waals surface area contributed by atoms with Crippen LogP contribution < -0.4 is 0 Å². The Hall–Kier alpha value is -0.140. The van der Waals surface area contributed by atoms with Gasteiger partial charge in [0.15, 0.2) is 0 Å². The molecular formula is C11H15Cl3O3. The number of carbonyl (C=O) groups is 1. The highest BCUT2D eigenvalue weighted by atomic mass is 35.6. The summed E-state index contributed by atoms with van der Waals surface area (Å²) in [5.41, 5.74) is 0. The molecule has 0 N–H and O–H groups in total. The minimum absolute atomic E-state index is 0.0266. The first kappa shape index (κ1) is 16.9. The highest BCUT2D eigenvalue weighted by Crippen LogP contribution is 2.25. The summed E-state index contributed by atoms with van der Waals surface area (Å²) in [4.78, 5) is 10.4. The number of hydrogen-bond acceptors (Lipinski definition) is 3. The molecule has 0 radical (unpaired) electrons. The molecule has 98 valence electrons. The summed E-state index contributed by atoms with van der Waals surface area (Å²) >= 11 is 16.4. The van der Waals surface area contributed by atoms with Gasteiger partial charge in [0.25, 0.3) is 0 Å². The average Bonchev–Trinajstić information content (AvgIpc) is 2.18. The van der Waals surface area contributed by atoms with Crippen molar-refractivity contribution in [2.75, 3.05) is 19.8 Å². The third-order valence-corrected chi connectivity index (χ3v) is 1.89.